The van der Waals surface area contributed by atoms with Gasteiger partial charge in [0.05, 0.1) is 3.79 Å². The maximum absolute atomic E-state index is 10.8. The van der Waals surface area contributed by atoms with Crippen molar-refractivity contribution in [1.29, 1.82) is 0 Å². The van der Waals surface area contributed by atoms with Gasteiger partial charge in [0, 0.05) is 16.8 Å². The molecule has 0 aliphatic heterocycles. The van der Waals surface area contributed by atoms with Crippen molar-refractivity contribution in [3.8, 4) is 0 Å². The lowest BCUT2D eigenvalue weighted by Gasteiger charge is -2.22. The van der Waals surface area contributed by atoms with E-state index in [-0.39, 0.29) is 5.41 Å². The normalized spacial score (nSPS) is 11.1. The molecule has 0 spiro atoms. The minimum absolute atomic E-state index is 0.157. The number of halogens is 1. The molecule has 15 heavy (non-hydrogen) atoms. The molecule has 0 saturated heterocycles. The molecule has 0 aliphatic carbocycles. The highest BCUT2D eigenvalue weighted by molar-refractivity contribution is 9.11. The Balaban J connectivity index is 2.66. The second-order valence-electron chi connectivity index (χ2n) is 3.82. The minimum atomic E-state index is -0.571. The topological polar surface area (TPSA) is 46.2 Å². The Morgan fingerprint density at radius 3 is 2.73 bits per heavy atom. The molecule has 0 unspecified atom stereocenters. The summed E-state index contributed by atoms with van der Waals surface area (Å²) in [6.45, 7) is 4.50. The van der Waals surface area contributed by atoms with Crippen molar-refractivity contribution in [2.24, 2.45) is 0 Å². The Labute approximate surface area is 101 Å². The number of hydrogen-bond acceptors (Lipinski definition) is 3. The standard InChI is InChI=1S/C10H12BrNO2S/c1-10(2,6-12-9(14)5-13)7-3-4-8(11)15-7/h3-5H,6H2,1-2H3,(H,12,14). The summed E-state index contributed by atoms with van der Waals surface area (Å²) in [6, 6.07) is 3.99. The molecule has 0 aromatic carbocycles. The van der Waals surface area contributed by atoms with Gasteiger partial charge in [0.1, 0.15) is 0 Å². The van der Waals surface area contributed by atoms with E-state index in [1.807, 2.05) is 26.0 Å². The third-order valence-electron chi connectivity index (χ3n) is 2.05. The van der Waals surface area contributed by atoms with Crippen LogP contribution >= 0.6 is 27.3 Å². The number of carbonyl (C=O) groups excluding carboxylic acids is 2. The summed E-state index contributed by atoms with van der Waals surface area (Å²) < 4.78 is 1.06. The van der Waals surface area contributed by atoms with Crippen molar-refractivity contribution in [2.45, 2.75) is 19.3 Å². The minimum Gasteiger partial charge on any atom is -0.349 e. The van der Waals surface area contributed by atoms with Crippen LogP contribution in [-0.4, -0.2) is 18.7 Å². The van der Waals surface area contributed by atoms with Crippen LogP contribution in [0.4, 0.5) is 0 Å². The smallest absolute Gasteiger partial charge is 0.284 e. The molecule has 1 heterocycles. The summed E-state index contributed by atoms with van der Waals surface area (Å²) in [4.78, 5) is 22.1. The molecule has 0 aliphatic rings. The van der Waals surface area contributed by atoms with Crippen LogP contribution < -0.4 is 5.32 Å². The first-order valence-electron chi connectivity index (χ1n) is 4.44. The molecule has 0 fully saturated rings. The molecule has 3 nitrogen and oxygen atoms in total. The van der Waals surface area contributed by atoms with Crippen molar-refractivity contribution in [3.63, 3.8) is 0 Å². The summed E-state index contributed by atoms with van der Waals surface area (Å²) in [5, 5.41) is 2.56. The zero-order chi connectivity index (χ0) is 11.5. The maximum Gasteiger partial charge on any atom is 0.284 e. The van der Waals surface area contributed by atoms with Gasteiger partial charge in [0.25, 0.3) is 5.91 Å². The first-order valence-corrected chi connectivity index (χ1v) is 6.05. The zero-order valence-electron chi connectivity index (χ0n) is 8.54. The first kappa shape index (κ1) is 12.4. The molecule has 0 atom stereocenters. The van der Waals surface area contributed by atoms with Crippen LogP contribution in [0.15, 0.2) is 15.9 Å². The zero-order valence-corrected chi connectivity index (χ0v) is 10.9. The van der Waals surface area contributed by atoms with E-state index in [2.05, 4.69) is 21.2 Å². The van der Waals surface area contributed by atoms with Crippen molar-refractivity contribution in [3.05, 3.63) is 20.8 Å². The van der Waals surface area contributed by atoms with Gasteiger partial charge in [-0.3, -0.25) is 9.59 Å². The van der Waals surface area contributed by atoms with Crippen LogP contribution in [0.1, 0.15) is 18.7 Å². The molecular formula is C10H12BrNO2S. The van der Waals surface area contributed by atoms with E-state index in [1.54, 1.807) is 11.3 Å². The van der Waals surface area contributed by atoms with Crippen LogP contribution in [0.5, 0.6) is 0 Å². The van der Waals surface area contributed by atoms with Gasteiger partial charge in [0.15, 0.2) is 0 Å². The second-order valence-corrected chi connectivity index (χ2v) is 6.29. The van der Waals surface area contributed by atoms with Crippen LogP contribution in [0, 0.1) is 0 Å². The van der Waals surface area contributed by atoms with Gasteiger partial charge in [-0.05, 0) is 28.1 Å². The Bertz CT molecular complexity index is 373. The molecule has 1 rings (SSSR count). The van der Waals surface area contributed by atoms with Gasteiger partial charge in [-0.1, -0.05) is 13.8 Å². The molecule has 1 aromatic rings. The lowest BCUT2D eigenvalue weighted by Crippen LogP contribution is -2.36. The Morgan fingerprint density at radius 1 is 1.60 bits per heavy atom. The third-order valence-corrected chi connectivity index (χ3v) is 4.04. The molecule has 1 amide bonds. The lowest BCUT2D eigenvalue weighted by molar-refractivity contribution is -0.131. The van der Waals surface area contributed by atoms with Gasteiger partial charge < -0.3 is 5.32 Å². The van der Waals surface area contributed by atoms with E-state index in [9.17, 15) is 9.59 Å². The summed E-state index contributed by atoms with van der Waals surface area (Å²) in [5.74, 6) is -0.571. The van der Waals surface area contributed by atoms with Crippen molar-refractivity contribution in [2.75, 3.05) is 6.54 Å². The Kier molecular flexibility index (Phi) is 4.04. The molecule has 0 bridgehead atoms. The number of rotatable bonds is 4. The largest absolute Gasteiger partial charge is 0.349 e. The Morgan fingerprint density at radius 2 is 2.27 bits per heavy atom. The number of thiophene rings is 1. The first-order chi connectivity index (χ1) is 6.95. The average Bonchev–Trinajstić information content (AvgIpc) is 2.62. The molecule has 1 N–H and O–H groups in total. The maximum atomic E-state index is 10.8. The van der Waals surface area contributed by atoms with Crippen LogP contribution in [0.3, 0.4) is 0 Å². The van der Waals surface area contributed by atoms with E-state index in [4.69, 9.17) is 0 Å². The van der Waals surface area contributed by atoms with Crippen LogP contribution in [0.2, 0.25) is 0 Å². The van der Waals surface area contributed by atoms with E-state index in [0.717, 1.165) is 3.79 Å². The highest BCUT2D eigenvalue weighted by Crippen LogP contribution is 2.32. The summed E-state index contributed by atoms with van der Waals surface area (Å²) >= 11 is 5.02. The fraction of sp³-hybridized carbons (Fsp3) is 0.400. The predicted octanol–water partition coefficient (Wildman–Crippen LogP) is 2.10. The monoisotopic (exact) mass is 289 g/mol. The summed E-state index contributed by atoms with van der Waals surface area (Å²) in [5.41, 5.74) is -0.157. The number of nitrogens with one attached hydrogen (secondary N) is 1. The van der Waals surface area contributed by atoms with Crippen molar-refractivity contribution >= 4 is 39.5 Å². The molecule has 5 heteroatoms. The highest BCUT2D eigenvalue weighted by Gasteiger charge is 2.22. The highest BCUT2D eigenvalue weighted by atomic mass is 79.9. The van der Waals surface area contributed by atoms with Crippen LogP contribution in [0.25, 0.3) is 0 Å². The van der Waals surface area contributed by atoms with Crippen molar-refractivity contribution < 1.29 is 9.59 Å². The third kappa shape index (κ3) is 3.43. The number of hydrogen-bond donors (Lipinski definition) is 1. The van der Waals surface area contributed by atoms with Gasteiger partial charge >= 0.3 is 0 Å². The van der Waals surface area contributed by atoms with E-state index < -0.39 is 5.91 Å². The quantitative estimate of drug-likeness (QED) is 0.682. The van der Waals surface area contributed by atoms with Crippen LogP contribution in [-0.2, 0) is 15.0 Å². The number of amides is 1. The molecule has 0 radical (unpaired) electrons. The predicted molar refractivity (Wildman–Crippen MR) is 64.1 cm³/mol. The van der Waals surface area contributed by atoms with E-state index in [0.29, 0.717) is 12.8 Å². The van der Waals surface area contributed by atoms with Crippen molar-refractivity contribution in [1.82, 2.24) is 5.32 Å². The fourth-order valence-electron chi connectivity index (χ4n) is 1.11. The van der Waals surface area contributed by atoms with Gasteiger partial charge in [-0.25, -0.2) is 0 Å². The summed E-state index contributed by atoms with van der Waals surface area (Å²) in [6.07, 6.45) is 0.292. The molecular weight excluding hydrogens is 278 g/mol. The van der Waals surface area contributed by atoms with E-state index in [1.165, 1.54) is 4.88 Å². The molecule has 0 saturated carbocycles. The number of carbonyl (C=O) groups is 2. The lowest BCUT2D eigenvalue weighted by atomic mass is 9.91. The Hall–Kier alpha value is -0.680. The van der Waals surface area contributed by atoms with Gasteiger partial charge in [-0.15, -0.1) is 11.3 Å². The molecule has 82 valence electrons. The fourth-order valence-corrected chi connectivity index (χ4v) is 2.60. The SMILES string of the molecule is CC(C)(CNC(=O)C=O)c1ccc(Br)s1. The van der Waals surface area contributed by atoms with E-state index >= 15 is 0 Å². The van der Waals surface area contributed by atoms with Gasteiger partial charge in [0.2, 0.25) is 6.29 Å². The number of aldehydes is 1. The second kappa shape index (κ2) is 4.90. The molecule has 1 aromatic heterocycles. The average molecular weight is 290 g/mol. The summed E-state index contributed by atoms with van der Waals surface area (Å²) in [7, 11) is 0. The van der Waals surface area contributed by atoms with Gasteiger partial charge in [-0.2, -0.15) is 0 Å².